The minimum absolute atomic E-state index is 0.113. The molecule has 18 heavy (non-hydrogen) atoms. The van der Waals surface area contributed by atoms with E-state index in [0.717, 1.165) is 10.9 Å². The SMILES string of the molecule is Cn1ncc(Cl)c1S(=O)(=O)N[C@H](CCO)C(=O)O. The fourth-order valence-corrected chi connectivity index (χ4v) is 3.19. The number of nitrogens with one attached hydrogen (secondary N) is 1. The molecule has 0 fully saturated rings. The third kappa shape index (κ3) is 3.19. The van der Waals surface area contributed by atoms with Crippen LogP contribution >= 0.6 is 11.6 Å². The van der Waals surface area contributed by atoms with E-state index in [4.69, 9.17) is 21.8 Å². The second-order valence-corrected chi connectivity index (χ2v) is 5.48. The van der Waals surface area contributed by atoms with E-state index in [0.29, 0.717) is 0 Å². The van der Waals surface area contributed by atoms with Gasteiger partial charge in [0.2, 0.25) is 0 Å². The standard InChI is InChI=1S/C8H12ClN3O5S/c1-12-7(5(9)4-10-12)18(16,17)11-6(2-3-13)8(14)15/h4,6,11,13H,2-3H2,1H3,(H,14,15)/t6-/m1/s1. The Hall–Kier alpha value is -1.16. The molecule has 0 unspecified atom stereocenters. The maximum Gasteiger partial charge on any atom is 0.321 e. The Morgan fingerprint density at radius 3 is 2.67 bits per heavy atom. The van der Waals surface area contributed by atoms with Gasteiger partial charge in [-0.25, -0.2) is 8.42 Å². The first-order valence-corrected chi connectivity index (χ1v) is 6.69. The fourth-order valence-electron chi connectivity index (χ4n) is 1.31. The third-order valence-electron chi connectivity index (χ3n) is 2.11. The van der Waals surface area contributed by atoms with Crippen LogP contribution in [0.3, 0.4) is 0 Å². The molecule has 0 saturated carbocycles. The van der Waals surface area contributed by atoms with Crippen molar-refractivity contribution in [2.45, 2.75) is 17.5 Å². The Balaban J connectivity index is 3.05. The highest BCUT2D eigenvalue weighted by Gasteiger charge is 2.29. The maximum atomic E-state index is 11.9. The van der Waals surface area contributed by atoms with Crippen LogP contribution in [0.4, 0.5) is 0 Å². The average Bonchev–Trinajstić information content (AvgIpc) is 2.58. The van der Waals surface area contributed by atoms with Crippen LogP contribution in [0.15, 0.2) is 11.2 Å². The number of aliphatic carboxylic acids is 1. The van der Waals surface area contributed by atoms with Gasteiger partial charge in [0.1, 0.15) is 6.04 Å². The van der Waals surface area contributed by atoms with Crippen molar-refractivity contribution in [2.75, 3.05) is 6.61 Å². The summed E-state index contributed by atoms with van der Waals surface area (Å²) < 4.78 is 26.8. The number of hydrogen-bond donors (Lipinski definition) is 3. The van der Waals surface area contributed by atoms with Gasteiger partial charge in [0.15, 0.2) is 5.03 Å². The minimum Gasteiger partial charge on any atom is -0.480 e. The van der Waals surface area contributed by atoms with Gasteiger partial charge in [0.25, 0.3) is 10.0 Å². The molecule has 1 atom stereocenters. The second-order valence-electron chi connectivity index (χ2n) is 3.45. The molecule has 1 aromatic rings. The Morgan fingerprint density at radius 1 is 1.67 bits per heavy atom. The zero-order chi connectivity index (χ0) is 13.9. The van der Waals surface area contributed by atoms with Gasteiger partial charge in [-0.05, 0) is 6.42 Å². The number of hydrogen-bond acceptors (Lipinski definition) is 5. The summed E-state index contributed by atoms with van der Waals surface area (Å²) >= 11 is 5.67. The zero-order valence-corrected chi connectivity index (χ0v) is 10.9. The summed E-state index contributed by atoms with van der Waals surface area (Å²) in [7, 11) is -2.75. The van der Waals surface area contributed by atoms with E-state index in [2.05, 4.69) is 5.10 Å². The smallest absolute Gasteiger partial charge is 0.321 e. The zero-order valence-electron chi connectivity index (χ0n) is 9.37. The number of carbonyl (C=O) groups is 1. The lowest BCUT2D eigenvalue weighted by Crippen LogP contribution is -2.41. The van der Waals surface area contributed by atoms with Crippen LogP contribution in [-0.2, 0) is 21.9 Å². The second kappa shape index (κ2) is 5.65. The van der Waals surface area contributed by atoms with E-state index in [1.54, 1.807) is 0 Å². The number of carboxylic acids is 1. The van der Waals surface area contributed by atoms with Crippen LogP contribution in [0.25, 0.3) is 0 Å². The molecule has 0 amide bonds. The average molecular weight is 298 g/mol. The van der Waals surface area contributed by atoms with Crippen molar-refractivity contribution >= 4 is 27.6 Å². The molecule has 0 aliphatic carbocycles. The summed E-state index contributed by atoms with van der Waals surface area (Å²) in [6.45, 7) is -0.460. The van der Waals surface area contributed by atoms with Gasteiger partial charge in [-0.15, -0.1) is 0 Å². The van der Waals surface area contributed by atoms with Crippen LogP contribution in [0.2, 0.25) is 5.02 Å². The molecule has 0 saturated heterocycles. The number of carboxylic acid groups (broad SMARTS) is 1. The Morgan fingerprint density at radius 2 is 2.28 bits per heavy atom. The highest BCUT2D eigenvalue weighted by molar-refractivity contribution is 7.89. The monoisotopic (exact) mass is 297 g/mol. The van der Waals surface area contributed by atoms with E-state index in [-0.39, 0.29) is 16.5 Å². The van der Waals surface area contributed by atoms with Crippen molar-refractivity contribution in [3.63, 3.8) is 0 Å². The number of halogens is 1. The molecule has 1 rings (SSSR count). The molecule has 1 aromatic heterocycles. The highest BCUT2D eigenvalue weighted by Crippen LogP contribution is 2.20. The van der Waals surface area contributed by atoms with Gasteiger partial charge in [-0.3, -0.25) is 9.48 Å². The number of aliphatic hydroxyl groups is 1. The molecule has 10 heteroatoms. The normalized spacial score (nSPS) is 13.5. The lowest BCUT2D eigenvalue weighted by Gasteiger charge is -2.13. The van der Waals surface area contributed by atoms with Crippen molar-refractivity contribution < 1.29 is 23.4 Å². The molecule has 0 aliphatic rings. The maximum absolute atomic E-state index is 11.9. The molecule has 8 nitrogen and oxygen atoms in total. The van der Waals surface area contributed by atoms with Gasteiger partial charge in [-0.2, -0.15) is 9.82 Å². The molecule has 0 spiro atoms. The molecule has 0 radical (unpaired) electrons. The molecule has 3 N–H and O–H groups in total. The lowest BCUT2D eigenvalue weighted by atomic mass is 10.2. The van der Waals surface area contributed by atoms with Gasteiger partial charge in [-0.1, -0.05) is 11.6 Å². The summed E-state index contributed by atoms with van der Waals surface area (Å²) in [4.78, 5) is 10.8. The molecule has 1 heterocycles. The molecular weight excluding hydrogens is 286 g/mol. The molecular formula is C8H12ClN3O5S. The number of sulfonamides is 1. The summed E-state index contributed by atoms with van der Waals surface area (Å²) in [6.07, 6.45) is 0.891. The number of aromatic nitrogens is 2. The number of rotatable bonds is 6. The molecule has 0 aromatic carbocycles. The van der Waals surface area contributed by atoms with Gasteiger partial charge < -0.3 is 10.2 Å². The lowest BCUT2D eigenvalue weighted by molar-refractivity contribution is -0.139. The highest BCUT2D eigenvalue weighted by atomic mass is 35.5. The number of aryl methyl sites for hydroxylation is 1. The predicted molar refractivity (Wildman–Crippen MR) is 61.7 cm³/mol. The number of aliphatic hydroxyl groups excluding tert-OH is 1. The van der Waals surface area contributed by atoms with Crippen LogP contribution in [0, 0.1) is 0 Å². The molecule has 0 aliphatic heterocycles. The van der Waals surface area contributed by atoms with Crippen molar-refractivity contribution in [2.24, 2.45) is 7.05 Å². The van der Waals surface area contributed by atoms with E-state index in [1.807, 2.05) is 4.72 Å². The Kier molecular flexibility index (Phi) is 4.68. The van der Waals surface area contributed by atoms with Crippen molar-refractivity contribution in [1.29, 1.82) is 0 Å². The minimum atomic E-state index is -4.12. The van der Waals surface area contributed by atoms with Crippen molar-refractivity contribution in [3.8, 4) is 0 Å². The van der Waals surface area contributed by atoms with Crippen LogP contribution < -0.4 is 4.72 Å². The van der Waals surface area contributed by atoms with Crippen LogP contribution in [-0.4, -0.2) is 47.0 Å². The first-order valence-electron chi connectivity index (χ1n) is 4.83. The van der Waals surface area contributed by atoms with E-state index >= 15 is 0 Å². The summed E-state index contributed by atoms with van der Waals surface area (Å²) in [6, 6.07) is -1.43. The summed E-state index contributed by atoms with van der Waals surface area (Å²) in [5.74, 6) is -1.38. The first-order chi connectivity index (χ1) is 8.29. The third-order valence-corrected chi connectivity index (χ3v) is 4.09. The number of nitrogens with zero attached hydrogens (tertiary/aromatic N) is 2. The van der Waals surface area contributed by atoms with E-state index in [1.165, 1.54) is 7.05 Å². The summed E-state index contributed by atoms with van der Waals surface area (Å²) in [5.41, 5.74) is 0. The predicted octanol–water partition coefficient (Wildman–Crippen LogP) is -0.813. The first kappa shape index (κ1) is 14.9. The molecule has 0 bridgehead atoms. The van der Waals surface area contributed by atoms with Crippen LogP contribution in [0.5, 0.6) is 0 Å². The largest absolute Gasteiger partial charge is 0.480 e. The van der Waals surface area contributed by atoms with Crippen molar-refractivity contribution in [1.82, 2.24) is 14.5 Å². The van der Waals surface area contributed by atoms with E-state index < -0.39 is 28.6 Å². The van der Waals surface area contributed by atoms with Crippen LogP contribution in [0.1, 0.15) is 6.42 Å². The van der Waals surface area contributed by atoms with Gasteiger partial charge >= 0.3 is 5.97 Å². The quantitative estimate of drug-likeness (QED) is 0.631. The Labute approximate surface area is 108 Å². The molecule has 102 valence electrons. The topological polar surface area (TPSA) is 122 Å². The summed E-state index contributed by atoms with van der Waals surface area (Å²) in [5, 5.41) is 20.7. The van der Waals surface area contributed by atoms with Crippen molar-refractivity contribution in [3.05, 3.63) is 11.2 Å². The van der Waals surface area contributed by atoms with Gasteiger partial charge in [0.05, 0.1) is 11.2 Å². The van der Waals surface area contributed by atoms with E-state index in [9.17, 15) is 13.2 Å². The van der Waals surface area contributed by atoms with Gasteiger partial charge in [0, 0.05) is 13.7 Å². The Bertz CT molecular complexity index is 521. The fraction of sp³-hybridized carbons (Fsp3) is 0.500.